The van der Waals surface area contributed by atoms with Crippen LogP contribution in [0.4, 0.5) is 0 Å². The summed E-state index contributed by atoms with van der Waals surface area (Å²) in [4.78, 5) is 15.7. The maximum Gasteiger partial charge on any atom is 0.276 e. The summed E-state index contributed by atoms with van der Waals surface area (Å²) >= 11 is 0. The van der Waals surface area contributed by atoms with Crippen LogP contribution in [0.15, 0.2) is 34.9 Å². The van der Waals surface area contributed by atoms with E-state index in [9.17, 15) is 4.79 Å². The molecule has 1 amide bonds. The van der Waals surface area contributed by atoms with Crippen molar-refractivity contribution in [3.8, 4) is 11.3 Å². The molecule has 1 fully saturated rings. The smallest absolute Gasteiger partial charge is 0.276 e. The van der Waals surface area contributed by atoms with E-state index in [1.54, 1.807) is 6.07 Å². The van der Waals surface area contributed by atoms with E-state index in [0.29, 0.717) is 11.5 Å². The van der Waals surface area contributed by atoms with E-state index in [4.69, 9.17) is 4.52 Å². The van der Waals surface area contributed by atoms with Crippen molar-refractivity contribution in [3.05, 3.63) is 41.6 Å². The lowest BCUT2D eigenvalue weighted by Gasteiger charge is -2.29. The van der Waals surface area contributed by atoms with Gasteiger partial charge in [-0.15, -0.1) is 0 Å². The van der Waals surface area contributed by atoms with E-state index in [2.05, 4.69) is 12.2 Å². The molecule has 1 aliphatic heterocycles. The van der Waals surface area contributed by atoms with Crippen molar-refractivity contribution in [2.24, 2.45) is 0 Å². The largest absolute Gasteiger partial charge is 0.355 e. The number of likely N-dealkylation sites (N-methyl/N-ethyl adjacent to an activating group) is 1. The van der Waals surface area contributed by atoms with Crippen LogP contribution in [0.3, 0.4) is 0 Å². The van der Waals surface area contributed by atoms with Crippen molar-refractivity contribution in [1.29, 1.82) is 0 Å². The molecule has 1 saturated heterocycles. The summed E-state index contributed by atoms with van der Waals surface area (Å²) in [5.41, 5.74) is 2.52. The van der Waals surface area contributed by atoms with Gasteiger partial charge in [0.05, 0.1) is 33.2 Å². The van der Waals surface area contributed by atoms with E-state index in [1.165, 1.54) is 10.5 Å². The molecule has 2 aromatic rings. The van der Waals surface area contributed by atoms with Gasteiger partial charge in [0.25, 0.3) is 5.91 Å². The van der Waals surface area contributed by atoms with Crippen molar-refractivity contribution in [3.63, 3.8) is 0 Å². The number of carbonyl (C=O) groups is 1. The van der Waals surface area contributed by atoms with Gasteiger partial charge in [0.1, 0.15) is 0 Å². The molecular formula is C16H20N3O2+. The average molecular weight is 286 g/mol. The first-order valence-electron chi connectivity index (χ1n) is 7.28. The van der Waals surface area contributed by atoms with Crippen LogP contribution in [0.5, 0.6) is 0 Å². The molecule has 0 radical (unpaired) electrons. The van der Waals surface area contributed by atoms with Crippen LogP contribution in [-0.2, 0) is 0 Å². The first-order valence-corrected chi connectivity index (χ1v) is 7.28. The normalized spacial score (nSPS) is 16.2. The molecule has 110 valence electrons. The standard InChI is InChI=1S/C16H19N3O2/c1-12-3-5-13(6-4-12)15-11-14(17-21-15)16(20)19-9-7-18(2)8-10-19/h3-6,11H,7-10H2,1-2H3/p+1. The molecular weight excluding hydrogens is 266 g/mol. The van der Waals surface area contributed by atoms with Gasteiger partial charge in [0.2, 0.25) is 0 Å². The molecule has 0 aliphatic carbocycles. The summed E-state index contributed by atoms with van der Waals surface area (Å²) < 4.78 is 5.32. The van der Waals surface area contributed by atoms with E-state index in [1.807, 2.05) is 36.1 Å². The molecule has 2 heterocycles. The lowest BCUT2D eigenvalue weighted by molar-refractivity contribution is -0.883. The molecule has 0 spiro atoms. The third-order valence-corrected chi connectivity index (χ3v) is 3.97. The Hall–Kier alpha value is -2.14. The number of quaternary nitrogens is 1. The number of aryl methyl sites for hydroxylation is 1. The summed E-state index contributed by atoms with van der Waals surface area (Å²) in [5.74, 6) is 0.600. The van der Waals surface area contributed by atoms with E-state index in [0.717, 1.165) is 31.7 Å². The summed E-state index contributed by atoms with van der Waals surface area (Å²) in [6.45, 7) is 5.55. The highest BCUT2D eigenvalue weighted by atomic mass is 16.5. The number of carbonyl (C=O) groups excluding carboxylic acids is 1. The van der Waals surface area contributed by atoms with Crippen LogP contribution in [0.2, 0.25) is 0 Å². The molecule has 0 unspecified atom stereocenters. The molecule has 1 N–H and O–H groups in total. The van der Waals surface area contributed by atoms with Gasteiger partial charge < -0.3 is 14.3 Å². The van der Waals surface area contributed by atoms with Gasteiger partial charge >= 0.3 is 0 Å². The fourth-order valence-corrected chi connectivity index (χ4v) is 2.48. The number of nitrogens with one attached hydrogen (secondary N) is 1. The number of nitrogens with zero attached hydrogens (tertiary/aromatic N) is 2. The third-order valence-electron chi connectivity index (χ3n) is 3.97. The quantitative estimate of drug-likeness (QED) is 0.880. The lowest BCUT2D eigenvalue weighted by Crippen LogP contribution is -3.12. The summed E-state index contributed by atoms with van der Waals surface area (Å²) in [7, 11) is 2.15. The summed E-state index contributed by atoms with van der Waals surface area (Å²) in [6, 6.07) is 9.72. The topological polar surface area (TPSA) is 50.8 Å². The number of amides is 1. The second-order valence-electron chi connectivity index (χ2n) is 5.69. The molecule has 0 saturated carbocycles. The number of hydrogen-bond acceptors (Lipinski definition) is 3. The fourth-order valence-electron chi connectivity index (χ4n) is 2.48. The highest BCUT2D eigenvalue weighted by molar-refractivity contribution is 5.93. The zero-order valence-electron chi connectivity index (χ0n) is 12.4. The van der Waals surface area contributed by atoms with Gasteiger partial charge in [0, 0.05) is 11.6 Å². The maximum absolute atomic E-state index is 12.4. The first-order chi connectivity index (χ1) is 10.1. The van der Waals surface area contributed by atoms with Crippen LogP contribution in [0.25, 0.3) is 11.3 Å². The minimum absolute atomic E-state index is 0.0374. The van der Waals surface area contributed by atoms with Gasteiger partial charge in [-0.25, -0.2) is 0 Å². The van der Waals surface area contributed by atoms with Gasteiger partial charge in [-0.3, -0.25) is 4.79 Å². The third kappa shape index (κ3) is 2.97. The number of piperazine rings is 1. The van der Waals surface area contributed by atoms with Crippen LogP contribution < -0.4 is 4.90 Å². The van der Waals surface area contributed by atoms with E-state index >= 15 is 0 Å². The molecule has 21 heavy (non-hydrogen) atoms. The van der Waals surface area contributed by atoms with Crippen LogP contribution in [0, 0.1) is 6.92 Å². The predicted octanol–water partition coefficient (Wildman–Crippen LogP) is 0.621. The first kappa shape index (κ1) is 13.8. The minimum atomic E-state index is -0.0374. The number of benzene rings is 1. The second-order valence-corrected chi connectivity index (χ2v) is 5.69. The Morgan fingerprint density at radius 1 is 1.24 bits per heavy atom. The zero-order chi connectivity index (χ0) is 14.8. The lowest BCUT2D eigenvalue weighted by atomic mass is 10.1. The molecule has 5 nitrogen and oxygen atoms in total. The Kier molecular flexibility index (Phi) is 3.75. The molecule has 0 atom stereocenters. The van der Waals surface area contributed by atoms with Crippen LogP contribution in [-0.4, -0.2) is 49.2 Å². The monoisotopic (exact) mass is 286 g/mol. The van der Waals surface area contributed by atoms with Gasteiger partial charge in [-0.2, -0.15) is 0 Å². The van der Waals surface area contributed by atoms with Crippen molar-refractivity contribution in [2.45, 2.75) is 6.92 Å². The Bertz CT molecular complexity index is 625. The van der Waals surface area contributed by atoms with Crippen molar-refractivity contribution in [1.82, 2.24) is 10.1 Å². The molecule has 1 aliphatic rings. The number of hydrogen-bond donors (Lipinski definition) is 1. The van der Waals surface area contributed by atoms with E-state index in [-0.39, 0.29) is 5.91 Å². The average Bonchev–Trinajstić information content (AvgIpc) is 2.98. The van der Waals surface area contributed by atoms with Crippen LogP contribution >= 0.6 is 0 Å². The molecule has 3 rings (SSSR count). The Balaban J connectivity index is 1.75. The van der Waals surface area contributed by atoms with Gasteiger partial charge in [-0.05, 0) is 6.92 Å². The van der Waals surface area contributed by atoms with Gasteiger partial charge in [-0.1, -0.05) is 35.0 Å². The minimum Gasteiger partial charge on any atom is -0.355 e. The summed E-state index contributed by atoms with van der Waals surface area (Å²) in [5, 5.41) is 3.94. The highest BCUT2D eigenvalue weighted by Gasteiger charge is 2.25. The number of rotatable bonds is 2. The predicted molar refractivity (Wildman–Crippen MR) is 79.2 cm³/mol. The van der Waals surface area contributed by atoms with Crippen molar-refractivity contribution >= 4 is 5.91 Å². The molecule has 5 heteroatoms. The van der Waals surface area contributed by atoms with Gasteiger partial charge in [0.15, 0.2) is 11.5 Å². The van der Waals surface area contributed by atoms with E-state index < -0.39 is 0 Å². The Morgan fingerprint density at radius 3 is 2.57 bits per heavy atom. The van der Waals surface area contributed by atoms with Crippen molar-refractivity contribution < 1.29 is 14.2 Å². The molecule has 1 aromatic heterocycles. The highest BCUT2D eigenvalue weighted by Crippen LogP contribution is 2.21. The van der Waals surface area contributed by atoms with Crippen molar-refractivity contribution in [2.75, 3.05) is 33.2 Å². The second kappa shape index (κ2) is 5.69. The molecule has 0 bridgehead atoms. The van der Waals surface area contributed by atoms with Crippen LogP contribution in [0.1, 0.15) is 16.1 Å². The SMILES string of the molecule is Cc1ccc(-c2cc(C(=O)N3CC[NH+](C)CC3)no2)cc1. The summed E-state index contributed by atoms with van der Waals surface area (Å²) in [6.07, 6.45) is 0. The fraction of sp³-hybridized carbons (Fsp3) is 0.375. The maximum atomic E-state index is 12.4. The Morgan fingerprint density at radius 2 is 1.90 bits per heavy atom. The number of aromatic nitrogens is 1. The zero-order valence-corrected chi connectivity index (χ0v) is 12.4. The molecule has 1 aromatic carbocycles. The Labute approximate surface area is 124 Å².